The Labute approximate surface area is 102 Å². The number of ether oxygens (including phenoxy) is 1. The smallest absolute Gasteiger partial charge is 0.239 e. The average Bonchev–Trinajstić information content (AvgIpc) is 2.25. The summed E-state index contributed by atoms with van der Waals surface area (Å²) in [5.41, 5.74) is 0. The third kappa shape index (κ3) is 2.38. The number of aromatic nitrogens is 1. The van der Waals surface area contributed by atoms with Crippen molar-refractivity contribution in [3.8, 4) is 17.4 Å². The van der Waals surface area contributed by atoms with Crippen molar-refractivity contribution < 1.29 is 9.84 Å². The Morgan fingerprint density at radius 3 is 2.75 bits per heavy atom. The van der Waals surface area contributed by atoms with Crippen LogP contribution in [0.5, 0.6) is 17.4 Å². The Morgan fingerprint density at radius 1 is 1.19 bits per heavy atom. The first-order valence-corrected chi connectivity index (χ1v) is 5.19. The Morgan fingerprint density at radius 2 is 2.00 bits per heavy atom. The average molecular weight is 256 g/mol. The summed E-state index contributed by atoms with van der Waals surface area (Å²) < 4.78 is 5.38. The van der Waals surface area contributed by atoms with E-state index in [-0.39, 0.29) is 16.7 Å². The predicted octanol–water partition coefficient (Wildman–Crippen LogP) is 3.89. The molecule has 0 aliphatic carbocycles. The van der Waals surface area contributed by atoms with E-state index in [2.05, 4.69) is 4.98 Å². The Bertz CT molecular complexity index is 517. The van der Waals surface area contributed by atoms with Crippen LogP contribution in [0, 0.1) is 0 Å². The maximum absolute atomic E-state index is 9.26. The number of halogens is 2. The van der Waals surface area contributed by atoms with Crippen LogP contribution < -0.4 is 4.74 Å². The number of hydrogen-bond acceptors (Lipinski definition) is 3. The number of benzene rings is 1. The summed E-state index contributed by atoms with van der Waals surface area (Å²) in [6.07, 6.45) is 1.49. The molecule has 0 fully saturated rings. The molecule has 16 heavy (non-hydrogen) atoms. The minimum absolute atomic E-state index is 0.107. The van der Waals surface area contributed by atoms with E-state index in [0.717, 1.165) is 0 Å². The third-order valence-corrected chi connectivity index (χ3v) is 2.62. The molecule has 0 aliphatic rings. The van der Waals surface area contributed by atoms with Gasteiger partial charge in [-0.25, -0.2) is 4.98 Å². The fraction of sp³-hybridized carbons (Fsp3) is 0. The van der Waals surface area contributed by atoms with Gasteiger partial charge in [-0.05, 0) is 18.2 Å². The molecular formula is C11H7Cl2NO2. The molecule has 0 aliphatic heterocycles. The van der Waals surface area contributed by atoms with E-state index >= 15 is 0 Å². The van der Waals surface area contributed by atoms with Crippen LogP contribution in [-0.2, 0) is 0 Å². The van der Waals surface area contributed by atoms with E-state index in [1.165, 1.54) is 12.3 Å². The number of phenolic OH excluding ortho intramolecular Hbond substituents is 1. The fourth-order valence-corrected chi connectivity index (χ4v) is 1.42. The molecule has 2 rings (SSSR count). The highest BCUT2D eigenvalue weighted by Gasteiger charge is 2.08. The van der Waals surface area contributed by atoms with Gasteiger partial charge in [0.15, 0.2) is 0 Å². The van der Waals surface area contributed by atoms with Crippen LogP contribution in [0.3, 0.4) is 0 Å². The lowest BCUT2D eigenvalue weighted by atomic mass is 10.3. The van der Waals surface area contributed by atoms with Crippen molar-refractivity contribution in [3.05, 3.63) is 46.6 Å². The lowest BCUT2D eigenvalue weighted by molar-refractivity contribution is 0.446. The van der Waals surface area contributed by atoms with Gasteiger partial charge in [-0.3, -0.25) is 0 Å². The summed E-state index contributed by atoms with van der Waals surface area (Å²) in [5.74, 6) is 0.757. The van der Waals surface area contributed by atoms with E-state index in [1.807, 2.05) is 0 Å². The summed E-state index contributed by atoms with van der Waals surface area (Å²) >= 11 is 11.7. The van der Waals surface area contributed by atoms with E-state index in [9.17, 15) is 5.11 Å². The third-order valence-electron chi connectivity index (χ3n) is 1.84. The fourth-order valence-electron chi connectivity index (χ4n) is 1.13. The van der Waals surface area contributed by atoms with E-state index in [1.54, 1.807) is 24.3 Å². The molecule has 5 heteroatoms. The predicted molar refractivity (Wildman–Crippen MR) is 62.4 cm³/mol. The van der Waals surface area contributed by atoms with Crippen LogP contribution in [0.25, 0.3) is 0 Å². The number of nitrogens with zero attached hydrogens (tertiary/aromatic N) is 1. The molecule has 1 aromatic carbocycles. The molecule has 0 atom stereocenters. The maximum atomic E-state index is 9.26. The summed E-state index contributed by atoms with van der Waals surface area (Å²) in [5, 5.41) is 9.87. The van der Waals surface area contributed by atoms with Crippen LogP contribution in [-0.4, -0.2) is 10.1 Å². The van der Waals surface area contributed by atoms with Crippen molar-refractivity contribution in [2.45, 2.75) is 0 Å². The quantitative estimate of drug-likeness (QED) is 0.886. The molecule has 0 amide bonds. The zero-order valence-electron chi connectivity index (χ0n) is 8.02. The highest BCUT2D eigenvalue weighted by molar-refractivity contribution is 6.42. The number of rotatable bonds is 2. The monoisotopic (exact) mass is 255 g/mol. The second kappa shape index (κ2) is 4.60. The van der Waals surface area contributed by atoms with Gasteiger partial charge in [-0.1, -0.05) is 29.3 Å². The van der Waals surface area contributed by atoms with E-state index < -0.39 is 0 Å². The Hall–Kier alpha value is -1.45. The van der Waals surface area contributed by atoms with Crippen LogP contribution in [0.15, 0.2) is 36.5 Å². The molecule has 0 unspecified atom stereocenters. The zero-order chi connectivity index (χ0) is 11.5. The molecule has 2 aromatic rings. The molecular weight excluding hydrogens is 249 g/mol. The van der Waals surface area contributed by atoms with E-state index in [4.69, 9.17) is 27.9 Å². The molecule has 0 saturated carbocycles. The second-order valence-corrected chi connectivity index (χ2v) is 3.80. The first-order chi connectivity index (χ1) is 7.66. The Balaban J connectivity index is 2.31. The SMILES string of the molecule is Oc1cccc(Oc2nccc(Cl)c2Cl)c1. The second-order valence-electron chi connectivity index (χ2n) is 3.01. The minimum atomic E-state index is 0.107. The van der Waals surface area contributed by atoms with Crippen LogP contribution >= 0.6 is 23.2 Å². The van der Waals surface area contributed by atoms with Gasteiger partial charge >= 0.3 is 0 Å². The van der Waals surface area contributed by atoms with Gasteiger partial charge in [0.25, 0.3) is 0 Å². The Kier molecular flexibility index (Phi) is 3.17. The van der Waals surface area contributed by atoms with Crippen molar-refractivity contribution in [1.29, 1.82) is 0 Å². The summed E-state index contributed by atoms with van der Waals surface area (Å²) in [4.78, 5) is 3.94. The molecule has 82 valence electrons. The molecule has 0 bridgehead atoms. The van der Waals surface area contributed by atoms with Gasteiger partial charge in [0.05, 0.1) is 5.02 Å². The van der Waals surface area contributed by atoms with Gasteiger partial charge in [-0.15, -0.1) is 0 Å². The summed E-state index contributed by atoms with van der Waals surface area (Å²) in [6.45, 7) is 0. The van der Waals surface area contributed by atoms with Crippen molar-refractivity contribution >= 4 is 23.2 Å². The van der Waals surface area contributed by atoms with E-state index in [0.29, 0.717) is 10.8 Å². The normalized spacial score (nSPS) is 10.1. The standard InChI is InChI=1S/C11H7Cl2NO2/c12-9-4-5-14-11(10(9)13)16-8-3-1-2-7(15)6-8/h1-6,15H. The van der Waals surface area contributed by atoms with Crippen LogP contribution in [0.1, 0.15) is 0 Å². The van der Waals surface area contributed by atoms with Crippen molar-refractivity contribution in [2.24, 2.45) is 0 Å². The number of hydrogen-bond donors (Lipinski definition) is 1. The number of pyridine rings is 1. The highest BCUT2D eigenvalue weighted by atomic mass is 35.5. The minimum Gasteiger partial charge on any atom is -0.508 e. The zero-order valence-corrected chi connectivity index (χ0v) is 9.53. The molecule has 0 saturated heterocycles. The summed E-state index contributed by atoms with van der Waals surface area (Å²) in [7, 11) is 0. The van der Waals surface area contributed by atoms with Crippen LogP contribution in [0.2, 0.25) is 10.0 Å². The molecule has 3 nitrogen and oxygen atoms in total. The molecule has 1 N–H and O–H groups in total. The van der Waals surface area contributed by atoms with Crippen molar-refractivity contribution in [3.63, 3.8) is 0 Å². The van der Waals surface area contributed by atoms with Gasteiger partial charge in [0.1, 0.15) is 16.5 Å². The van der Waals surface area contributed by atoms with Gasteiger partial charge < -0.3 is 9.84 Å². The van der Waals surface area contributed by atoms with Gasteiger partial charge in [0.2, 0.25) is 5.88 Å². The maximum Gasteiger partial charge on any atom is 0.239 e. The first kappa shape index (κ1) is 11.0. The van der Waals surface area contributed by atoms with Gasteiger partial charge in [0, 0.05) is 12.3 Å². The lowest BCUT2D eigenvalue weighted by Crippen LogP contribution is -1.88. The first-order valence-electron chi connectivity index (χ1n) is 4.44. The van der Waals surface area contributed by atoms with Crippen molar-refractivity contribution in [2.75, 3.05) is 0 Å². The van der Waals surface area contributed by atoms with Gasteiger partial charge in [-0.2, -0.15) is 0 Å². The largest absolute Gasteiger partial charge is 0.508 e. The number of aromatic hydroxyl groups is 1. The topological polar surface area (TPSA) is 42.4 Å². The molecule has 1 aromatic heterocycles. The molecule has 1 heterocycles. The highest BCUT2D eigenvalue weighted by Crippen LogP contribution is 2.33. The van der Waals surface area contributed by atoms with Crippen LogP contribution in [0.4, 0.5) is 0 Å². The molecule has 0 radical (unpaired) electrons. The van der Waals surface area contributed by atoms with Crippen molar-refractivity contribution in [1.82, 2.24) is 4.98 Å². The molecule has 0 spiro atoms. The number of phenols is 1. The lowest BCUT2D eigenvalue weighted by Gasteiger charge is -2.06. The summed E-state index contributed by atoms with van der Waals surface area (Å²) in [6, 6.07) is 7.90.